The molecular weight excluding hydrogens is 232 g/mol. The number of rotatable bonds is 3. The van der Waals surface area contributed by atoms with E-state index in [2.05, 4.69) is 23.3 Å². The van der Waals surface area contributed by atoms with Gasteiger partial charge in [-0.1, -0.05) is 0 Å². The maximum atomic E-state index is 5.51. The molecule has 1 N–H and O–H groups in total. The number of nitrogens with zero attached hydrogens (tertiary/aromatic N) is 1. The van der Waals surface area contributed by atoms with E-state index < -0.39 is 0 Å². The number of hydrogen-bond donors (Lipinski definition) is 1. The van der Waals surface area contributed by atoms with Gasteiger partial charge in [-0.25, -0.2) is 0 Å². The topological polar surface area (TPSA) is 38.1 Å². The summed E-state index contributed by atoms with van der Waals surface area (Å²) in [6.45, 7) is 2.20. The number of hydrogen-bond acceptors (Lipinski definition) is 4. The summed E-state index contributed by atoms with van der Waals surface area (Å²) in [5, 5.41) is 3.67. The van der Waals surface area contributed by atoms with Crippen LogP contribution < -0.4 is 5.32 Å². The van der Waals surface area contributed by atoms with E-state index in [1.807, 2.05) is 18.0 Å². The van der Waals surface area contributed by atoms with Crippen LogP contribution in [0, 0.1) is 0 Å². The summed E-state index contributed by atoms with van der Waals surface area (Å²) >= 11 is 1.71. The Hall–Kier alpha value is -1.13. The van der Waals surface area contributed by atoms with Gasteiger partial charge in [-0.3, -0.25) is 4.98 Å². The van der Waals surface area contributed by atoms with Crippen molar-refractivity contribution in [3.05, 3.63) is 40.2 Å². The van der Waals surface area contributed by atoms with Crippen LogP contribution in [0.25, 0.3) is 0 Å². The van der Waals surface area contributed by atoms with E-state index in [9.17, 15) is 0 Å². The summed E-state index contributed by atoms with van der Waals surface area (Å²) < 4.78 is 5.51. The highest BCUT2D eigenvalue weighted by molar-refractivity contribution is 7.09. The highest BCUT2D eigenvalue weighted by atomic mass is 32.1. The summed E-state index contributed by atoms with van der Waals surface area (Å²) in [4.78, 5) is 5.42. The van der Waals surface area contributed by atoms with E-state index >= 15 is 0 Å². The molecule has 0 bridgehead atoms. The quantitative estimate of drug-likeness (QED) is 0.904. The first-order chi connectivity index (χ1) is 8.34. The number of nitrogens with one attached hydrogen (secondary N) is 1. The molecule has 2 aromatic heterocycles. The van der Waals surface area contributed by atoms with Crippen molar-refractivity contribution >= 4 is 11.3 Å². The summed E-state index contributed by atoms with van der Waals surface area (Å²) in [6.07, 6.45) is 7.22. The standard InChI is InChI=1S/C13H16N2OS/c1-9(13-7-14-8-17-13)15-11-3-2-4-12-10(11)5-6-16-12/h5-9,11,15H,2-4H2,1H3. The Morgan fingerprint density at radius 3 is 3.35 bits per heavy atom. The lowest BCUT2D eigenvalue weighted by Crippen LogP contribution is -2.26. The largest absolute Gasteiger partial charge is 0.469 e. The summed E-state index contributed by atoms with van der Waals surface area (Å²) in [5.41, 5.74) is 3.23. The molecule has 1 aliphatic carbocycles. The Kier molecular flexibility index (Phi) is 2.99. The smallest absolute Gasteiger partial charge is 0.108 e. The van der Waals surface area contributed by atoms with Crippen LogP contribution in [-0.4, -0.2) is 4.98 Å². The van der Waals surface area contributed by atoms with Crippen LogP contribution in [0.1, 0.15) is 48.0 Å². The van der Waals surface area contributed by atoms with Gasteiger partial charge in [-0.05, 0) is 25.8 Å². The van der Waals surface area contributed by atoms with Crippen LogP contribution in [0.4, 0.5) is 0 Å². The van der Waals surface area contributed by atoms with E-state index in [1.165, 1.54) is 23.3 Å². The molecule has 0 aromatic carbocycles. The van der Waals surface area contributed by atoms with Crippen molar-refractivity contribution in [2.75, 3.05) is 0 Å². The molecule has 1 aliphatic rings. The number of fused-ring (bicyclic) bond motifs is 1. The minimum absolute atomic E-state index is 0.355. The molecule has 0 spiro atoms. The molecule has 0 radical (unpaired) electrons. The number of aromatic nitrogens is 1. The molecule has 0 fully saturated rings. The Bertz CT molecular complexity index is 477. The minimum atomic E-state index is 0.355. The van der Waals surface area contributed by atoms with Crippen molar-refractivity contribution in [3.63, 3.8) is 0 Å². The first kappa shape index (κ1) is 11.0. The van der Waals surface area contributed by atoms with E-state index in [4.69, 9.17) is 4.42 Å². The second-order valence-corrected chi connectivity index (χ2v) is 5.45. The average molecular weight is 248 g/mol. The lowest BCUT2D eigenvalue weighted by Gasteiger charge is -2.25. The molecule has 0 amide bonds. The van der Waals surface area contributed by atoms with Gasteiger partial charge in [0.1, 0.15) is 5.76 Å². The second-order valence-electron chi connectivity index (χ2n) is 4.54. The number of furan rings is 1. The van der Waals surface area contributed by atoms with Gasteiger partial charge in [0.05, 0.1) is 11.8 Å². The van der Waals surface area contributed by atoms with Crippen LogP contribution in [0.2, 0.25) is 0 Å². The predicted octanol–water partition coefficient (Wildman–Crippen LogP) is 3.46. The van der Waals surface area contributed by atoms with Crippen LogP contribution in [0.3, 0.4) is 0 Å². The normalized spacial score (nSPS) is 21.1. The van der Waals surface area contributed by atoms with Gasteiger partial charge >= 0.3 is 0 Å². The Morgan fingerprint density at radius 1 is 1.59 bits per heavy atom. The van der Waals surface area contributed by atoms with E-state index in [0.29, 0.717) is 12.1 Å². The fourth-order valence-electron chi connectivity index (χ4n) is 2.48. The van der Waals surface area contributed by atoms with Gasteiger partial charge in [0.25, 0.3) is 0 Å². The Balaban J connectivity index is 1.75. The molecule has 2 unspecified atom stereocenters. The van der Waals surface area contributed by atoms with Gasteiger partial charge in [0.15, 0.2) is 0 Å². The lowest BCUT2D eigenvalue weighted by molar-refractivity contribution is 0.387. The third-order valence-corrected chi connectivity index (χ3v) is 4.34. The number of aryl methyl sites for hydroxylation is 1. The zero-order valence-electron chi connectivity index (χ0n) is 9.85. The highest BCUT2D eigenvalue weighted by Crippen LogP contribution is 2.32. The van der Waals surface area contributed by atoms with Crippen molar-refractivity contribution in [3.8, 4) is 0 Å². The third-order valence-electron chi connectivity index (χ3n) is 3.38. The average Bonchev–Trinajstić information content (AvgIpc) is 3.00. The number of thiazole rings is 1. The monoisotopic (exact) mass is 248 g/mol. The van der Waals surface area contributed by atoms with Gasteiger partial charge in [0, 0.05) is 35.1 Å². The van der Waals surface area contributed by atoms with E-state index in [0.717, 1.165) is 12.2 Å². The Morgan fingerprint density at radius 2 is 2.53 bits per heavy atom. The van der Waals surface area contributed by atoms with Crippen molar-refractivity contribution in [1.29, 1.82) is 0 Å². The molecule has 0 saturated heterocycles. The molecule has 0 aliphatic heterocycles. The predicted molar refractivity (Wildman–Crippen MR) is 68.1 cm³/mol. The van der Waals surface area contributed by atoms with Crippen molar-refractivity contribution in [2.24, 2.45) is 0 Å². The highest BCUT2D eigenvalue weighted by Gasteiger charge is 2.24. The third kappa shape index (κ3) is 2.15. The van der Waals surface area contributed by atoms with Gasteiger partial charge < -0.3 is 9.73 Å². The lowest BCUT2D eigenvalue weighted by atomic mass is 9.93. The van der Waals surface area contributed by atoms with Crippen LogP contribution >= 0.6 is 11.3 Å². The van der Waals surface area contributed by atoms with Crippen molar-refractivity contribution < 1.29 is 4.42 Å². The van der Waals surface area contributed by atoms with Gasteiger partial charge in [-0.2, -0.15) is 0 Å². The molecule has 3 nitrogen and oxygen atoms in total. The maximum Gasteiger partial charge on any atom is 0.108 e. The first-order valence-corrected chi connectivity index (χ1v) is 6.93. The van der Waals surface area contributed by atoms with E-state index in [1.54, 1.807) is 11.3 Å². The fourth-order valence-corrected chi connectivity index (χ4v) is 3.12. The van der Waals surface area contributed by atoms with Crippen molar-refractivity contribution in [2.45, 2.75) is 38.3 Å². The summed E-state index contributed by atoms with van der Waals surface area (Å²) in [6, 6.07) is 2.88. The summed E-state index contributed by atoms with van der Waals surface area (Å²) in [7, 11) is 0. The fraction of sp³-hybridized carbons (Fsp3) is 0.462. The SMILES string of the molecule is CC(NC1CCCc2occc21)c1cncs1. The first-order valence-electron chi connectivity index (χ1n) is 6.05. The molecule has 2 aromatic rings. The molecule has 2 heterocycles. The van der Waals surface area contributed by atoms with Gasteiger partial charge in [0.2, 0.25) is 0 Å². The van der Waals surface area contributed by atoms with Crippen LogP contribution in [0.15, 0.2) is 28.5 Å². The van der Waals surface area contributed by atoms with E-state index in [-0.39, 0.29) is 0 Å². The maximum absolute atomic E-state index is 5.51. The van der Waals surface area contributed by atoms with Gasteiger partial charge in [-0.15, -0.1) is 11.3 Å². The van der Waals surface area contributed by atoms with Crippen LogP contribution in [-0.2, 0) is 6.42 Å². The van der Waals surface area contributed by atoms with Crippen LogP contribution in [0.5, 0.6) is 0 Å². The molecule has 17 heavy (non-hydrogen) atoms. The summed E-state index contributed by atoms with van der Waals surface area (Å²) in [5.74, 6) is 1.16. The van der Waals surface area contributed by atoms with Crippen molar-refractivity contribution in [1.82, 2.24) is 10.3 Å². The minimum Gasteiger partial charge on any atom is -0.469 e. The molecule has 0 saturated carbocycles. The molecular formula is C13H16N2OS. The zero-order valence-corrected chi connectivity index (χ0v) is 10.7. The second kappa shape index (κ2) is 4.63. The Labute approximate surface area is 105 Å². The zero-order chi connectivity index (χ0) is 11.7. The molecule has 2 atom stereocenters. The molecule has 4 heteroatoms. The molecule has 3 rings (SSSR count). The molecule has 90 valence electrons.